The van der Waals surface area contributed by atoms with Gasteiger partial charge in [0.2, 0.25) is 0 Å². The molecular weight excluding hydrogens is 268 g/mol. The lowest BCUT2D eigenvalue weighted by molar-refractivity contribution is 0.100. The van der Waals surface area contributed by atoms with Gasteiger partial charge in [-0.15, -0.1) is 0 Å². The van der Waals surface area contributed by atoms with E-state index in [-0.39, 0.29) is 6.04 Å². The minimum Gasteiger partial charge on any atom is -0.493 e. The molecule has 0 saturated carbocycles. The summed E-state index contributed by atoms with van der Waals surface area (Å²) in [7, 11) is 5.78. The molecule has 2 rings (SSSR count). The molecule has 0 radical (unpaired) electrons. The molecule has 1 aliphatic heterocycles. The van der Waals surface area contributed by atoms with E-state index in [1.807, 2.05) is 4.68 Å². The molecule has 0 spiro atoms. The van der Waals surface area contributed by atoms with Crippen molar-refractivity contribution in [3.63, 3.8) is 0 Å². The highest BCUT2D eigenvalue weighted by atomic mass is 16.5. The van der Waals surface area contributed by atoms with Crippen LogP contribution in [0.2, 0.25) is 0 Å². The summed E-state index contributed by atoms with van der Waals surface area (Å²) in [4.78, 5) is 2.13. The summed E-state index contributed by atoms with van der Waals surface area (Å²) in [5.41, 5.74) is 7.39. The molecule has 2 atom stereocenters. The molecule has 2 unspecified atom stereocenters. The Morgan fingerprint density at radius 2 is 2.38 bits per heavy atom. The van der Waals surface area contributed by atoms with Gasteiger partial charge in [0, 0.05) is 13.2 Å². The maximum absolute atomic E-state index is 6.39. The number of ether oxygens (including phenoxy) is 2. The zero-order valence-electron chi connectivity index (χ0n) is 13.4. The van der Waals surface area contributed by atoms with Gasteiger partial charge in [0.05, 0.1) is 37.7 Å². The summed E-state index contributed by atoms with van der Waals surface area (Å²) in [5, 5.41) is 4.41. The zero-order chi connectivity index (χ0) is 15.2. The molecule has 6 nitrogen and oxygen atoms in total. The predicted molar refractivity (Wildman–Crippen MR) is 82.5 cm³/mol. The third kappa shape index (κ3) is 4.43. The zero-order valence-corrected chi connectivity index (χ0v) is 13.4. The van der Waals surface area contributed by atoms with Crippen molar-refractivity contribution in [2.24, 2.45) is 5.73 Å². The van der Waals surface area contributed by atoms with Crippen LogP contribution < -0.4 is 10.5 Å². The van der Waals surface area contributed by atoms with Gasteiger partial charge in [-0.1, -0.05) is 0 Å². The fourth-order valence-electron chi connectivity index (χ4n) is 2.76. The average molecular weight is 296 g/mol. The first-order valence-electron chi connectivity index (χ1n) is 7.73. The largest absolute Gasteiger partial charge is 0.493 e. The van der Waals surface area contributed by atoms with Crippen LogP contribution in [0.25, 0.3) is 0 Å². The van der Waals surface area contributed by atoms with Crippen molar-refractivity contribution in [1.29, 1.82) is 0 Å². The van der Waals surface area contributed by atoms with Crippen molar-refractivity contribution >= 4 is 0 Å². The van der Waals surface area contributed by atoms with Gasteiger partial charge in [0.15, 0.2) is 5.75 Å². The number of likely N-dealkylation sites (N-methyl/N-ethyl adjacent to an activating group) is 1. The van der Waals surface area contributed by atoms with Gasteiger partial charge in [-0.2, -0.15) is 5.10 Å². The fraction of sp³-hybridized carbons (Fsp3) is 0.800. The third-order valence-corrected chi connectivity index (χ3v) is 4.00. The monoisotopic (exact) mass is 296 g/mol. The normalized spacial score (nSPS) is 20.1. The van der Waals surface area contributed by atoms with E-state index in [1.54, 1.807) is 13.3 Å². The van der Waals surface area contributed by atoms with E-state index in [1.165, 1.54) is 6.42 Å². The molecule has 120 valence electrons. The number of hydrogen-bond acceptors (Lipinski definition) is 5. The Morgan fingerprint density at radius 3 is 3.00 bits per heavy atom. The van der Waals surface area contributed by atoms with Crippen LogP contribution in [0.4, 0.5) is 0 Å². The molecular formula is C15H28N4O2. The number of aromatic nitrogens is 2. The fourth-order valence-corrected chi connectivity index (χ4v) is 2.76. The standard InChI is InChI=1S/C15H28N4O2/c1-18(2)8-9-19-15(14(20-3)11-17-19)13(16)7-6-12-5-4-10-21-12/h11-13H,4-10,16H2,1-3H3. The summed E-state index contributed by atoms with van der Waals surface area (Å²) in [5.74, 6) is 0.786. The molecule has 1 fully saturated rings. The first kappa shape index (κ1) is 16.3. The SMILES string of the molecule is COc1cnn(CCN(C)C)c1C(N)CCC1CCCO1. The van der Waals surface area contributed by atoms with Gasteiger partial charge in [0.25, 0.3) is 0 Å². The second-order valence-corrected chi connectivity index (χ2v) is 5.94. The molecule has 2 heterocycles. The molecule has 1 saturated heterocycles. The summed E-state index contributed by atoms with van der Waals surface area (Å²) in [6.07, 6.45) is 6.36. The van der Waals surface area contributed by atoms with Crippen LogP contribution in [0.3, 0.4) is 0 Å². The molecule has 0 aromatic carbocycles. The van der Waals surface area contributed by atoms with Crippen molar-refractivity contribution in [1.82, 2.24) is 14.7 Å². The van der Waals surface area contributed by atoms with Crippen LogP contribution >= 0.6 is 0 Å². The first-order chi connectivity index (χ1) is 10.1. The van der Waals surface area contributed by atoms with E-state index in [0.29, 0.717) is 6.10 Å². The van der Waals surface area contributed by atoms with Crippen molar-refractivity contribution < 1.29 is 9.47 Å². The van der Waals surface area contributed by atoms with E-state index >= 15 is 0 Å². The average Bonchev–Trinajstić information content (AvgIpc) is 3.11. The second-order valence-electron chi connectivity index (χ2n) is 5.94. The van der Waals surface area contributed by atoms with E-state index in [2.05, 4.69) is 24.1 Å². The number of hydrogen-bond donors (Lipinski definition) is 1. The van der Waals surface area contributed by atoms with Gasteiger partial charge in [-0.3, -0.25) is 4.68 Å². The summed E-state index contributed by atoms with van der Waals surface area (Å²) in [6, 6.07) is -0.0613. The maximum atomic E-state index is 6.39. The van der Waals surface area contributed by atoms with Gasteiger partial charge in [-0.05, 0) is 39.8 Å². The number of rotatable bonds is 8. The van der Waals surface area contributed by atoms with Crippen LogP contribution in [-0.4, -0.2) is 55.1 Å². The maximum Gasteiger partial charge on any atom is 0.161 e. The molecule has 6 heteroatoms. The number of methoxy groups -OCH3 is 1. The number of nitrogens with two attached hydrogens (primary N) is 1. The van der Waals surface area contributed by atoms with Gasteiger partial charge < -0.3 is 20.1 Å². The Bertz CT molecular complexity index is 427. The van der Waals surface area contributed by atoms with Crippen molar-refractivity contribution in [2.45, 2.75) is 44.4 Å². The highest BCUT2D eigenvalue weighted by molar-refractivity contribution is 5.28. The number of nitrogens with zero attached hydrogens (tertiary/aromatic N) is 3. The first-order valence-corrected chi connectivity index (χ1v) is 7.73. The predicted octanol–water partition coefficient (Wildman–Crippen LogP) is 1.41. The van der Waals surface area contributed by atoms with Gasteiger partial charge in [0.1, 0.15) is 0 Å². The minimum atomic E-state index is -0.0613. The molecule has 1 aromatic heterocycles. The van der Waals surface area contributed by atoms with Crippen LogP contribution in [0, 0.1) is 0 Å². The quantitative estimate of drug-likeness (QED) is 0.786. The molecule has 1 aromatic rings. The second kappa shape index (κ2) is 7.77. The highest BCUT2D eigenvalue weighted by Gasteiger charge is 2.22. The highest BCUT2D eigenvalue weighted by Crippen LogP contribution is 2.28. The van der Waals surface area contributed by atoms with Crippen molar-refractivity contribution in [3.05, 3.63) is 11.9 Å². The van der Waals surface area contributed by atoms with Crippen molar-refractivity contribution in [2.75, 3.05) is 34.4 Å². The van der Waals surface area contributed by atoms with E-state index in [0.717, 1.165) is 50.4 Å². The summed E-state index contributed by atoms with van der Waals surface area (Å²) < 4.78 is 13.1. The van der Waals surface area contributed by atoms with Gasteiger partial charge in [-0.25, -0.2) is 0 Å². The van der Waals surface area contributed by atoms with E-state index in [4.69, 9.17) is 15.2 Å². The Balaban J connectivity index is 1.98. The molecule has 0 bridgehead atoms. The molecule has 2 N–H and O–H groups in total. The van der Waals surface area contributed by atoms with Crippen molar-refractivity contribution in [3.8, 4) is 5.75 Å². The molecule has 0 aliphatic carbocycles. The summed E-state index contributed by atoms with van der Waals surface area (Å²) in [6.45, 7) is 2.64. The Labute approximate surface area is 127 Å². The van der Waals surface area contributed by atoms with Crippen LogP contribution in [0.15, 0.2) is 6.20 Å². The lowest BCUT2D eigenvalue weighted by atomic mass is 10.0. The Morgan fingerprint density at radius 1 is 1.57 bits per heavy atom. The Hall–Kier alpha value is -1.11. The van der Waals surface area contributed by atoms with E-state index in [9.17, 15) is 0 Å². The Kier molecular flexibility index (Phi) is 6.02. The lowest BCUT2D eigenvalue weighted by Gasteiger charge is -2.18. The topological polar surface area (TPSA) is 65.5 Å². The van der Waals surface area contributed by atoms with Crippen LogP contribution in [0.1, 0.15) is 37.4 Å². The third-order valence-electron chi connectivity index (χ3n) is 4.00. The molecule has 0 amide bonds. The summed E-state index contributed by atoms with van der Waals surface area (Å²) >= 11 is 0. The minimum absolute atomic E-state index is 0.0613. The molecule has 21 heavy (non-hydrogen) atoms. The lowest BCUT2D eigenvalue weighted by Crippen LogP contribution is -2.24. The van der Waals surface area contributed by atoms with Gasteiger partial charge >= 0.3 is 0 Å². The van der Waals surface area contributed by atoms with Crippen LogP contribution in [0.5, 0.6) is 5.75 Å². The smallest absolute Gasteiger partial charge is 0.161 e. The van der Waals surface area contributed by atoms with Crippen LogP contribution in [-0.2, 0) is 11.3 Å². The van der Waals surface area contributed by atoms with E-state index < -0.39 is 0 Å². The molecule has 1 aliphatic rings.